The number of rotatable bonds is 8. The fraction of sp³-hybridized carbons (Fsp3) is 0.280. The number of carbonyl (C=O) groups excluding carboxylic acids is 4. The molecule has 0 aliphatic carbocycles. The first-order valence-corrected chi connectivity index (χ1v) is 13.1. The number of nitrogens with zero attached hydrogens (tertiary/aromatic N) is 4. The lowest BCUT2D eigenvalue weighted by atomic mass is 9.86. The van der Waals surface area contributed by atoms with Gasteiger partial charge in [0.1, 0.15) is 5.92 Å². The number of carbonyl (C=O) groups is 4. The van der Waals surface area contributed by atoms with Gasteiger partial charge in [0, 0.05) is 0 Å². The highest BCUT2D eigenvalue weighted by molar-refractivity contribution is 9.13. The van der Waals surface area contributed by atoms with Crippen LogP contribution in [0.25, 0.3) is 0 Å². The van der Waals surface area contributed by atoms with Gasteiger partial charge in [0.15, 0.2) is 15.7 Å². The molecular weight excluding hydrogens is 612 g/mol. The molecule has 2 amide bonds. The summed E-state index contributed by atoms with van der Waals surface area (Å²) in [5.41, 5.74) is 0.325. The second-order valence-electron chi connectivity index (χ2n) is 7.90. The third-order valence-corrected chi connectivity index (χ3v) is 8.69. The minimum Gasteiger partial charge on any atom is -0.461 e. The Morgan fingerprint density at radius 2 is 1.41 bits per heavy atom. The molecule has 192 valence electrons. The summed E-state index contributed by atoms with van der Waals surface area (Å²) in [6, 6.07) is 17.0. The van der Waals surface area contributed by atoms with E-state index in [4.69, 9.17) is 9.47 Å². The minimum absolute atomic E-state index is 0.0348. The molecule has 10 nitrogen and oxygen atoms in total. The second kappa shape index (κ2) is 10.9. The van der Waals surface area contributed by atoms with E-state index in [1.807, 2.05) is 0 Å². The van der Waals surface area contributed by atoms with Crippen LogP contribution < -0.4 is 10.0 Å². The van der Waals surface area contributed by atoms with Gasteiger partial charge in [0.2, 0.25) is 0 Å². The number of ether oxygens (including phenoxy) is 2. The number of esters is 2. The Morgan fingerprint density at radius 1 is 0.892 bits per heavy atom. The van der Waals surface area contributed by atoms with E-state index < -0.39 is 38.8 Å². The van der Waals surface area contributed by atoms with Gasteiger partial charge >= 0.3 is 11.9 Å². The van der Waals surface area contributed by atoms with E-state index in [2.05, 4.69) is 42.1 Å². The number of hydrazone groups is 2. The molecule has 0 radical (unpaired) electrons. The number of amides is 2. The Balaban J connectivity index is 1.80. The van der Waals surface area contributed by atoms with E-state index in [1.54, 1.807) is 74.5 Å². The molecule has 0 aromatic heterocycles. The molecule has 0 spiro atoms. The van der Waals surface area contributed by atoms with Gasteiger partial charge in [-0.2, -0.15) is 20.2 Å². The lowest BCUT2D eigenvalue weighted by Crippen LogP contribution is -2.56. The summed E-state index contributed by atoms with van der Waals surface area (Å²) in [4.78, 5) is 52.3. The van der Waals surface area contributed by atoms with Crippen molar-refractivity contribution in [2.45, 2.75) is 23.0 Å². The SMILES string of the molecule is CCOC(=O)C1=NN(c2ccccc2)C(=O)C1C(Br)C1(Br)C(=O)N(c2ccccc2)N=C1C(=O)OCC. The number of halogens is 2. The van der Waals surface area contributed by atoms with Gasteiger partial charge in [0.05, 0.1) is 29.4 Å². The van der Waals surface area contributed by atoms with Crippen molar-refractivity contribution in [3.05, 3.63) is 60.7 Å². The smallest absolute Gasteiger partial charge is 0.356 e. The quantitative estimate of drug-likeness (QED) is 0.325. The topological polar surface area (TPSA) is 118 Å². The summed E-state index contributed by atoms with van der Waals surface area (Å²) < 4.78 is 8.46. The first-order chi connectivity index (χ1) is 17.7. The van der Waals surface area contributed by atoms with Gasteiger partial charge in [-0.25, -0.2) is 9.59 Å². The minimum atomic E-state index is -1.88. The molecular formula is C25H22Br2N4O6. The molecule has 0 saturated heterocycles. The maximum Gasteiger partial charge on any atom is 0.356 e. The van der Waals surface area contributed by atoms with Crippen LogP contribution in [0.15, 0.2) is 70.9 Å². The number of benzene rings is 2. The van der Waals surface area contributed by atoms with Crippen molar-refractivity contribution in [2.75, 3.05) is 23.2 Å². The first-order valence-electron chi connectivity index (χ1n) is 11.4. The molecule has 0 bridgehead atoms. The van der Waals surface area contributed by atoms with E-state index in [9.17, 15) is 19.2 Å². The molecule has 0 saturated carbocycles. The summed E-state index contributed by atoms with van der Waals surface area (Å²) in [6.07, 6.45) is 0. The van der Waals surface area contributed by atoms with Crippen LogP contribution in [0, 0.1) is 5.92 Å². The maximum atomic E-state index is 13.9. The van der Waals surface area contributed by atoms with Gasteiger partial charge in [-0.1, -0.05) is 68.3 Å². The monoisotopic (exact) mass is 632 g/mol. The molecule has 2 aliphatic rings. The average Bonchev–Trinajstić information content (AvgIpc) is 3.39. The molecule has 0 fully saturated rings. The molecule has 0 N–H and O–H groups in total. The zero-order chi connectivity index (χ0) is 26.7. The second-order valence-corrected chi connectivity index (χ2v) is 10.1. The molecule has 2 aliphatic heterocycles. The Kier molecular flexibility index (Phi) is 7.88. The van der Waals surface area contributed by atoms with Crippen LogP contribution in [0.4, 0.5) is 11.4 Å². The van der Waals surface area contributed by atoms with Crippen molar-refractivity contribution >= 4 is 78.4 Å². The Hall–Kier alpha value is -3.38. The molecule has 2 aromatic rings. The van der Waals surface area contributed by atoms with E-state index in [1.165, 1.54) is 0 Å². The highest BCUT2D eigenvalue weighted by Gasteiger charge is 2.63. The summed E-state index contributed by atoms with van der Waals surface area (Å²) in [7, 11) is 0. The summed E-state index contributed by atoms with van der Waals surface area (Å²) in [6.45, 7) is 3.33. The molecule has 12 heteroatoms. The van der Waals surface area contributed by atoms with Gasteiger partial charge in [-0.15, -0.1) is 0 Å². The highest BCUT2D eigenvalue weighted by Crippen LogP contribution is 2.44. The largest absolute Gasteiger partial charge is 0.461 e. The van der Waals surface area contributed by atoms with Crippen LogP contribution >= 0.6 is 31.9 Å². The van der Waals surface area contributed by atoms with Gasteiger partial charge in [0.25, 0.3) is 11.8 Å². The average molecular weight is 634 g/mol. The van der Waals surface area contributed by atoms with E-state index in [0.29, 0.717) is 11.4 Å². The van der Waals surface area contributed by atoms with Crippen LogP contribution in [-0.4, -0.2) is 57.5 Å². The zero-order valence-corrected chi connectivity index (χ0v) is 23.0. The third-order valence-electron chi connectivity index (χ3n) is 5.65. The zero-order valence-electron chi connectivity index (χ0n) is 19.8. The molecule has 3 atom stereocenters. The normalized spacial score (nSPS) is 22.0. The summed E-state index contributed by atoms with van der Waals surface area (Å²) in [5.74, 6) is -4.23. The number of anilines is 2. The van der Waals surface area contributed by atoms with E-state index in [-0.39, 0.29) is 24.6 Å². The fourth-order valence-corrected chi connectivity index (χ4v) is 5.51. The van der Waals surface area contributed by atoms with E-state index in [0.717, 1.165) is 10.0 Å². The fourth-order valence-electron chi connectivity index (χ4n) is 3.94. The van der Waals surface area contributed by atoms with Crippen molar-refractivity contribution in [1.82, 2.24) is 0 Å². The van der Waals surface area contributed by atoms with Crippen LogP contribution in [0.1, 0.15) is 13.8 Å². The lowest BCUT2D eigenvalue weighted by molar-refractivity contribution is -0.136. The van der Waals surface area contributed by atoms with E-state index >= 15 is 0 Å². The van der Waals surface area contributed by atoms with Crippen molar-refractivity contribution in [2.24, 2.45) is 16.1 Å². The lowest BCUT2D eigenvalue weighted by Gasteiger charge is -2.30. The van der Waals surface area contributed by atoms with Crippen molar-refractivity contribution < 1.29 is 28.7 Å². The molecule has 3 unspecified atom stereocenters. The van der Waals surface area contributed by atoms with Crippen molar-refractivity contribution in [1.29, 1.82) is 0 Å². The Morgan fingerprint density at radius 3 is 1.95 bits per heavy atom. The number of para-hydroxylation sites is 2. The van der Waals surface area contributed by atoms with Gasteiger partial charge in [-0.05, 0) is 38.1 Å². The van der Waals surface area contributed by atoms with Crippen LogP contribution in [0.3, 0.4) is 0 Å². The predicted octanol–water partition coefficient (Wildman–Crippen LogP) is 3.43. The van der Waals surface area contributed by atoms with Crippen LogP contribution in [0.2, 0.25) is 0 Å². The third kappa shape index (κ3) is 4.71. The molecule has 2 heterocycles. The predicted molar refractivity (Wildman–Crippen MR) is 144 cm³/mol. The highest BCUT2D eigenvalue weighted by atomic mass is 79.9. The van der Waals surface area contributed by atoms with Crippen LogP contribution in [0.5, 0.6) is 0 Å². The number of hydrogen-bond acceptors (Lipinski definition) is 8. The standard InChI is InChI=1S/C25H22Br2N4O6/c1-3-36-22(33)18-17(21(32)30(28-18)15-11-7-5-8-12-15)19(26)25(27)20(23(34)37-4-2)29-31(24(25)35)16-13-9-6-10-14-16/h5-14,17,19H,3-4H2,1-2H3. The molecule has 2 aromatic carbocycles. The maximum absolute atomic E-state index is 13.9. The first kappa shape index (κ1) is 26.7. The van der Waals surface area contributed by atoms with Crippen molar-refractivity contribution in [3.8, 4) is 0 Å². The van der Waals surface area contributed by atoms with Crippen molar-refractivity contribution in [3.63, 3.8) is 0 Å². The molecule has 37 heavy (non-hydrogen) atoms. The number of alkyl halides is 2. The number of hydrogen-bond donors (Lipinski definition) is 0. The summed E-state index contributed by atoms with van der Waals surface area (Å²) >= 11 is 6.90. The van der Waals surface area contributed by atoms with Crippen LogP contribution in [-0.2, 0) is 28.7 Å². The Labute approximate surface area is 229 Å². The Bertz CT molecular complexity index is 1290. The summed E-state index contributed by atoms with van der Waals surface area (Å²) in [5, 5.41) is 10.7. The molecule has 4 rings (SSSR count). The van der Waals surface area contributed by atoms with Gasteiger partial charge in [-0.3, -0.25) is 9.59 Å². The van der Waals surface area contributed by atoms with Gasteiger partial charge < -0.3 is 9.47 Å².